The maximum atomic E-state index is 10.5. The van der Waals surface area contributed by atoms with Crippen molar-refractivity contribution in [3.8, 4) is 33.8 Å². The van der Waals surface area contributed by atoms with Crippen LogP contribution in [0.15, 0.2) is 141 Å². The molecule has 322 valence electrons. The molecule has 0 aliphatic carbocycles. The number of rotatable bonds is 5. The van der Waals surface area contributed by atoms with Gasteiger partial charge in [-0.15, -0.1) is 70.5 Å². The minimum absolute atomic E-state index is 0.194. The lowest BCUT2D eigenvalue weighted by Gasteiger charge is -2.36. The molecule has 0 bridgehead atoms. The van der Waals surface area contributed by atoms with E-state index in [1.807, 2.05) is 48.6 Å². The van der Waals surface area contributed by atoms with E-state index in [1.165, 1.54) is 73.8 Å². The van der Waals surface area contributed by atoms with Gasteiger partial charge in [0.05, 0.1) is 22.2 Å². The number of alkyl halides is 2. The second-order valence-corrected chi connectivity index (χ2v) is 24.6. The molecule has 3 N–H and O–H groups in total. The van der Waals surface area contributed by atoms with Gasteiger partial charge in [0.15, 0.2) is 0 Å². The number of aromatic hydroxyl groups is 1. The first-order valence-corrected chi connectivity index (χ1v) is 26.1. The van der Waals surface area contributed by atoms with Gasteiger partial charge in [-0.05, 0) is 133 Å². The predicted octanol–water partition coefficient (Wildman–Crippen LogP) is 14.0. The predicted molar refractivity (Wildman–Crippen MR) is 273 cm³/mol. The third-order valence-electron chi connectivity index (χ3n) is 11.7. The van der Waals surface area contributed by atoms with Crippen LogP contribution in [0.2, 0.25) is 0 Å². The molecule has 6 aromatic rings. The van der Waals surface area contributed by atoms with Gasteiger partial charge in [0.25, 0.3) is 0 Å². The molecule has 62 heavy (non-hydrogen) atoms. The van der Waals surface area contributed by atoms with Gasteiger partial charge in [-0.3, -0.25) is 9.97 Å². The lowest BCUT2D eigenvalue weighted by atomic mass is 9.76. The monoisotopic (exact) mass is 1090 g/mol. The third-order valence-corrected chi connectivity index (χ3v) is 14.2. The van der Waals surface area contributed by atoms with Gasteiger partial charge in [-0.1, -0.05) is 84.2 Å². The van der Waals surface area contributed by atoms with E-state index in [0.717, 1.165) is 48.0 Å². The second-order valence-electron chi connectivity index (χ2n) is 15.2. The molecule has 4 aliphatic rings. The Hall–Kier alpha value is -2.52. The first-order valence-electron chi connectivity index (χ1n) is 20.7. The average Bonchev–Trinajstić information content (AvgIpc) is 3.31. The van der Waals surface area contributed by atoms with Crippen LogP contribution in [0.4, 0.5) is 0 Å². The van der Waals surface area contributed by atoms with Gasteiger partial charge in [0.1, 0.15) is 11.5 Å². The number of aromatic nitrogens is 2. The number of nitrogens with one attached hydrogen (secondary N) is 2. The molecule has 2 fully saturated rings. The van der Waals surface area contributed by atoms with Crippen molar-refractivity contribution in [3.05, 3.63) is 144 Å². The van der Waals surface area contributed by atoms with Crippen molar-refractivity contribution in [2.45, 2.75) is 57.1 Å². The molecule has 0 amide bonds. The number of nitrogens with zero attached hydrogens (tertiary/aromatic N) is 2. The average molecular weight is 1100 g/mol. The standard InChI is InChI=1S/C24H24N2OS.C23H22N2OS.CH2Cl2.BBr3/c1-27-21-6-2-5-20-23(16-9-12-25-13-10-16)19-8-7-17(14-22(19)28-24(20)21)18-4-3-11-26-15-18;26-20-5-1-4-19-22(15-8-11-24-12-9-15)18-7-6-16(13-21(18)27-23(19)20)17-3-2-10-25-14-17;2-1-3;2-1(3)4/h2-8,11,14-16,23,25H,9-10,12-13H2,1H3;1-7,10,13-15,22,24,26H,8-9,11-12H2;1H2;. The van der Waals surface area contributed by atoms with Crippen molar-refractivity contribution in [2.24, 2.45) is 11.8 Å². The molecule has 2 unspecified atom stereocenters. The van der Waals surface area contributed by atoms with Gasteiger partial charge in [-0.25, -0.2) is 0 Å². The Bertz CT molecular complexity index is 2380. The van der Waals surface area contributed by atoms with Gasteiger partial charge >= 0.3 is 3.18 Å². The van der Waals surface area contributed by atoms with Gasteiger partial charge in [0.2, 0.25) is 0 Å². The molecule has 14 heteroatoms. The lowest BCUT2D eigenvalue weighted by molar-refractivity contribution is 0.335. The highest BCUT2D eigenvalue weighted by molar-refractivity contribution is 9.69. The fourth-order valence-corrected chi connectivity index (χ4v) is 11.5. The zero-order chi connectivity index (χ0) is 43.4. The normalized spacial score (nSPS) is 17.7. The maximum absolute atomic E-state index is 10.5. The highest BCUT2D eigenvalue weighted by Gasteiger charge is 2.36. The van der Waals surface area contributed by atoms with Crippen LogP contribution in [0.5, 0.6) is 11.5 Å². The van der Waals surface area contributed by atoms with Crippen LogP contribution in [0.1, 0.15) is 59.8 Å². The topological polar surface area (TPSA) is 79.3 Å². The van der Waals surface area contributed by atoms with E-state index in [9.17, 15) is 5.11 Å². The number of piperidine rings is 2. The number of halogens is 5. The molecule has 0 radical (unpaired) electrons. The summed E-state index contributed by atoms with van der Waals surface area (Å²) in [6.07, 6.45) is 12.3. The minimum Gasteiger partial charge on any atom is -0.507 e. The second kappa shape index (κ2) is 23.6. The van der Waals surface area contributed by atoms with E-state index in [0.29, 0.717) is 29.4 Å². The number of fused-ring (bicyclic) bond motifs is 4. The molecule has 6 heterocycles. The number of phenols is 1. The number of hydrogen-bond donors (Lipinski definition) is 3. The lowest BCUT2D eigenvalue weighted by Crippen LogP contribution is -2.32. The zero-order valence-corrected chi connectivity index (χ0v) is 42.2. The summed E-state index contributed by atoms with van der Waals surface area (Å²) in [5, 5.41) is 17.7. The van der Waals surface area contributed by atoms with Crippen molar-refractivity contribution in [1.82, 2.24) is 20.6 Å². The summed E-state index contributed by atoms with van der Waals surface area (Å²) in [6.45, 7) is 4.37. The maximum Gasteiger partial charge on any atom is 0.369 e. The van der Waals surface area contributed by atoms with Crippen LogP contribution in [0.25, 0.3) is 22.3 Å². The summed E-state index contributed by atoms with van der Waals surface area (Å²) in [6, 6.07) is 34.4. The Labute approximate surface area is 409 Å². The van der Waals surface area contributed by atoms with E-state index >= 15 is 0 Å². The summed E-state index contributed by atoms with van der Waals surface area (Å²) < 4.78 is 6.01. The molecule has 4 aromatic carbocycles. The summed E-state index contributed by atoms with van der Waals surface area (Å²) >= 11 is 22.4. The Morgan fingerprint density at radius 2 is 1.08 bits per heavy atom. The Balaban J connectivity index is 0.000000163. The van der Waals surface area contributed by atoms with Crippen LogP contribution >= 0.6 is 94.0 Å². The molecular weight excluding hydrogens is 1050 g/mol. The zero-order valence-electron chi connectivity index (χ0n) is 34.3. The van der Waals surface area contributed by atoms with Crippen molar-refractivity contribution in [3.63, 3.8) is 0 Å². The first kappa shape index (κ1) is 47.4. The SMILES string of the molecule is BrB(Br)Br.COc1cccc2c1Sc1cc(-c3cccnc3)ccc1C2C1CCNCC1.ClCCl.Oc1cccc2c1Sc1cc(-c3cccnc3)ccc1C2C1CCNCC1. The highest BCUT2D eigenvalue weighted by atomic mass is 79.9. The molecule has 2 aromatic heterocycles. The van der Waals surface area contributed by atoms with Crippen molar-refractivity contribution in [1.29, 1.82) is 0 Å². The first-order chi connectivity index (χ1) is 30.3. The molecule has 10 rings (SSSR count). The molecule has 0 saturated carbocycles. The smallest absolute Gasteiger partial charge is 0.369 e. The molecular formula is C48H48BBr3Cl2N4O2S2. The van der Waals surface area contributed by atoms with Gasteiger partial charge in [-0.2, -0.15) is 0 Å². The molecule has 0 spiro atoms. The van der Waals surface area contributed by atoms with Crippen molar-refractivity contribution >= 4 is 97.2 Å². The number of pyridine rings is 2. The quantitative estimate of drug-likeness (QED) is 0.116. The van der Waals surface area contributed by atoms with Crippen molar-refractivity contribution < 1.29 is 9.84 Å². The van der Waals surface area contributed by atoms with E-state index in [4.69, 9.17) is 27.9 Å². The van der Waals surface area contributed by atoms with Gasteiger partial charge < -0.3 is 20.5 Å². The fraction of sp³-hybridized carbons (Fsp3) is 0.292. The number of ether oxygens (including phenoxy) is 1. The number of hydrogen-bond acceptors (Lipinski definition) is 8. The van der Waals surface area contributed by atoms with Crippen LogP contribution in [-0.2, 0) is 0 Å². The number of benzene rings is 4. The Morgan fingerprint density at radius 1 is 0.629 bits per heavy atom. The van der Waals surface area contributed by atoms with E-state index in [2.05, 4.69) is 141 Å². The largest absolute Gasteiger partial charge is 0.507 e. The van der Waals surface area contributed by atoms with Crippen LogP contribution in [-0.4, -0.2) is 56.9 Å². The summed E-state index contributed by atoms with van der Waals surface area (Å²) in [5.74, 6) is 3.44. The fourth-order valence-electron chi connectivity index (χ4n) is 9.06. The van der Waals surface area contributed by atoms with Crippen LogP contribution in [0, 0.1) is 11.8 Å². The summed E-state index contributed by atoms with van der Waals surface area (Å²) in [4.78, 5) is 13.5. The van der Waals surface area contributed by atoms with Gasteiger partial charge in [0, 0.05) is 57.5 Å². The Kier molecular flexibility index (Phi) is 18.1. The summed E-state index contributed by atoms with van der Waals surface area (Å²) in [5.41, 5.74) is 10.3. The molecule has 2 saturated heterocycles. The molecule has 2 atom stereocenters. The van der Waals surface area contributed by atoms with Crippen LogP contribution < -0.4 is 15.4 Å². The van der Waals surface area contributed by atoms with E-state index in [1.54, 1.807) is 31.1 Å². The minimum atomic E-state index is 0.194. The summed E-state index contributed by atoms with van der Waals surface area (Å²) in [7, 11) is 1.78. The van der Waals surface area contributed by atoms with Crippen molar-refractivity contribution in [2.75, 3.05) is 38.6 Å². The highest BCUT2D eigenvalue weighted by Crippen LogP contribution is 2.55. The van der Waals surface area contributed by atoms with Crippen LogP contribution in [0.3, 0.4) is 0 Å². The molecule has 6 nitrogen and oxygen atoms in total. The molecule has 4 aliphatic heterocycles. The van der Waals surface area contributed by atoms with E-state index in [-0.39, 0.29) is 8.52 Å². The van der Waals surface area contributed by atoms with E-state index < -0.39 is 0 Å². The third kappa shape index (κ3) is 11.6. The number of phenolic OH excluding ortho intramolecular Hbond substituents is 1. The number of methoxy groups -OCH3 is 1. The Morgan fingerprint density at radius 3 is 1.53 bits per heavy atom.